The molecule has 92 valence electrons. The number of nitrogens with zero attached hydrogens (tertiary/aromatic N) is 1. The van der Waals surface area contributed by atoms with Crippen molar-refractivity contribution in [3.05, 3.63) is 29.8 Å². The number of nitrogens with two attached hydrogens (primary N) is 1. The van der Waals surface area contributed by atoms with Crippen molar-refractivity contribution in [2.45, 2.75) is 32.7 Å². The van der Waals surface area contributed by atoms with Crippen LogP contribution in [0, 0.1) is 5.92 Å². The lowest BCUT2D eigenvalue weighted by Crippen LogP contribution is -2.24. The van der Waals surface area contributed by atoms with Gasteiger partial charge >= 0.3 is 0 Å². The SMILES string of the molecule is CCCC1CC(=O)N(Cc2cccc(N)c2)C1. The Morgan fingerprint density at radius 1 is 1.47 bits per heavy atom. The van der Waals surface area contributed by atoms with Gasteiger partial charge in [0.05, 0.1) is 0 Å². The minimum absolute atomic E-state index is 0.283. The van der Waals surface area contributed by atoms with Crippen LogP contribution in [0.5, 0.6) is 0 Å². The Bertz CT molecular complexity index is 403. The molecule has 0 spiro atoms. The molecule has 3 heteroatoms. The molecule has 1 aliphatic rings. The second kappa shape index (κ2) is 5.21. The Morgan fingerprint density at radius 3 is 3.00 bits per heavy atom. The van der Waals surface area contributed by atoms with Crippen molar-refractivity contribution in [2.75, 3.05) is 12.3 Å². The first-order chi connectivity index (χ1) is 8.19. The summed E-state index contributed by atoms with van der Waals surface area (Å²) in [5.74, 6) is 0.833. The van der Waals surface area contributed by atoms with Crippen molar-refractivity contribution in [1.29, 1.82) is 0 Å². The van der Waals surface area contributed by atoms with Crippen LogP contribution in [0.1, 0.15) is 31.7 Å². The molecule has 1 aliphatic heterocycles. The first-order valence-electron chi connectivity index (χ1n) is 6.31. The third-order valence-electron chi connectivity index (χ3n) is 3.32. The molecule has 3 nitrogen and oxygen atoms in total. The molecule has 2 rings (SSSR count). The molecular formula is C14H20N2O. The minimum atomic E-state index is 0.283. The molecule has 17 heavy (non-hydrogen) atoms. The summed E-state index contributed by atoms with van der Waals surface area (Å²) in [5.41, 5.74) is 7.62. The molecule has 0 aromatic heterocycles. The molecule has 1 atom stereocenters. The molecule has 0 saturated carbocycles. The number of rotatable bonds is 4. The Kier molecular flexibility index (Phi) is 3.67. The van der Waals surface area contributed by atoms with Gasteiger partial charge in [0.15, 0.2) is 0 Å². The number of hydrogen-bond donors (Lipinski definition) is 1. The second-order valence-electron chi connectivity index (χ2n) is 4.88. The predicted octanol–water partition coefficient (Wildman–Crippen LogP) is 2.42. The maximum absolute atomic E-state index is 11.8. The Balaban J connectivity index is 1.98. The quantitative estimate of drug-likeness (QED) is 0.810. The molecule has 0 aliphatic carbocycles. The number of carbonyl (C=O) groups excluding carboxylic acids is 1. The van der Waals surface area contributed by atoms with Gasteiger partial charge in [0.1, 0.15) is 0 Å². The Morgan fingerprint density at radius 2 is 2.29 bits per heavy atom. The highest BCUT2D eigenvalue weighted by Gasteiger charge is 2.28. The van der Waals surface area contributed by atoms with Gasteiger partial charge in [-0.25, -0.2) is 0 Å². The summed E-state index contributed by atoms with van der Waals surface area (Å²) in [6.45, 7) is 3.77. The van der Waals surface area contributed by atoms with E-state index < -0.39 is 0 Å². The number of carbonyl (C=O) groups is 1. The summed E-state index contributed by atoms with van der Waals surface area (Å²) in [6.07, 6.45) is 3.03. The van der Waals surface area contributed by atoms with Crippen LogP contribution in [-0.2, 0) is 11.3 Å². The van der Waals surface area contributed by atoms with Crippen molar-refractivity contribution >= 4 is 11.6 Å². The molecule has 1 heterocycles. The van der Waals surface area contributed by atoms with Crippen LogP contribution >= 0.6 is 0 Å². The predicted molar refractivity (Wildman–Crippen MR) is 69.3 cm³/mol. The van der Waals surface area contributed by atoms with Gasteiger partial charge in [-0.15, -0.1) is 0 Å². The first kappa shape index (κ1) is 12.0. The first-order valence-corrected chi connectivity index (χ1v) is 6.31. The van der Waals surface area contributed by atoms with Crippen molar-refractivity contribution in [3.63, 3.8) is 0 Å². The number of nitrogen functional groups attached to an aromatic ring is 1. The topological polar surface area (TPSA) is 46.3 Å². The van der Waals surface area contributed by atoms with E-state index in [1.54, 1.807) is 0 Å². The average molecular weight is 232 g/mol. The van der Waals surface area contributed by atoms with Gasteiger partial charge in [0.2, 0.25) is 5.91 Å². The van der Waals surface area contributed by atoms with Gasteiger partial charge < -0.3 is 10.6 Å². The third-order valence-corrected chi connectivity index (χ3v) is 3.32. The molecule has 1 amide bonds. The van der Waals surface area contributed by atoms with Crippen LogP contribution in [0.25, 0.3) is 0 Å². The molecule has 1 fully saturated rings. The number of anilines is 1. The average Bonchev–Trinajstić information content (AvgIpc) is 2.60. The van der Waals surface area contributed by atoms with E-state index in [9.17, 15) is 4.79 Å². The fourth-order valence-electron chi connectivity index (χ4n) is 2.52. The fraction of sp³-hybridized carbons (Fsp3) is 0.500. The van der Waals surface area contributed by atoms with E-state index in [1.807, 2.05) is 29.2 Å². The fourth-order valence-corrected chi connectivity index (χ4v) is 2.52. The molecule has 1 aromatic rings. The summed E-state index contributed by atoms with van der Waals surface area (Å²) < 4.78 is 0. The largest absolute Gasteiger partial charge is 0.399 e. The lowest BCUT2D eigenvalue weighted by Gasteiger charge is -2.16. The maximum atomic E-state index is 11.8. The molecule has 2 N–H and O–H groups in total. The van der Waals surface area contributed by atoms with Crippen molar-refractivity contribution in [2.24, 2.45) is 5.92 Å². The Labute approximate surface area is 103 Å². The highest BCUT2D eigenvalue weighted by molar-refractivity contribution is 5.78. The summed E-state index contributed by atoms with van der Waals surface area (Å²) in [7, 11) is 0. The van der Waals surface area contributed by atoms with E-state index >= 15 is 0 Å². The van der Waals surface area contributed by atoms with Gasteiger partial charge in [-0.1, -0.05) is 25.5 Å². The summed E-state index contributed by atoms with van der Waals surface area (Å²) in [5, 5.41) is 0. The second-order valence-corrected chi connectivity index (χ2v) is 4.88. The minimum Gasteiger partial charge on any atom is -0.399 e. The number of benzene rings is 1. The zero-order valence-corrected chi connectivity index (χ0v) is 10.4. The van der Waals surface area contributed by atoms with E-state index in [-0.39, 0.29) is 5.91 Å². The van der Waals surface area contributed by atoms with Gasteiger partial charge in [-0.3, -0.25) is 4.79 Å². The number of hydrogen-bond acceptors (Lipinski definition) is 2. The van der Waals surface area contributed by atoms with Crippen LogP contribution in [0.15, 0.2) is 24.3 Å². The van der Waals surface area contributed by atoms with Crippen LogP contribution in [0.3, 0.4) is 0 Å². The molecule has 0 radical (unpaired) electrons. The molecule has 0 bridgehead atoms. The lowest BCUT2D eigenvalue weighted by molar-refractivity contribution is -0.128. The van der Waals surface area contributed by atoms with Crippen molar-refractivity contribution in [3.8, 4) is 0 Å². The van der Waals surface area contributed by atoms with Gasteiger partial charge in [0, 0.05) is 25.2 Å². The molecule has 1 aromatic carbocycles. The van der Waals surface area contributed by atoms with Gasteiger partial charge in [-0.05, 0) is 30.0 Å². The molecule has 1 saturated heterocycles. The molecular weight excluding hydrogens is 212 g/mol. The standard InChI is InChI=1S/C14H20N2O/c1-2-4-11-8-14(17)16(9-11)10-12-5-3-6-13(15)7-12/h3,5-7,11H,2,4,8-10,15H2,1H3. The number of amides is 1. The van der Waals surface area contributed by atoms with Crippen LogP contribution in [-0.4, -0.2) is 17.4 Å². The van der Waals surface area contributed by atoms with E-state index in [0.29, 0.717) is 12.5 Å². The monoisotopic (exact) mass is 232 g/mol. The van der Waals surface area contributed by atoms with Gasteiger partial charge in [-0.2, -0.15) is 0 Å². The van der Waals surface area contributed by atoms with E-state index in [2.05, 4.69) is 6.92 Å². The summed E-state index contributed by atoms with van der Waals surface area (Å²) in [4.78, 5) is 13.8. The van der Waals surface area contributed by atoms with E-state index in [4.69, 9.17) is 5.73 Å². The van der Waals surface area contributed by atoms with E-state index in [1.165, 1.54) is 0 Å². The maximum Gasteiger partial charge on any atom is 0.223 e. The van der Waals surface area contributed by atoms with Crippen LogP contribution < -0.4 is 5.73 Å². The van der Waals surface area contributed by atoms with Crippen molar-refractivity contribution < 1.29 is 4.79 Å². The Hall–Kier alpha value is -1.51. The lowest BCUT2D eigenvalue weighted by atomic mass is 10.0. The number of likely N-dealkylation sites (tertiary alicyclic amines) is 1. The molecule has 1 unspecified atom stereocenters. The zero-order valence-electron chi connectivity index (χ0n) is 10.4. The highest BCUT2D eigenvalue weighted by Crippen LogP contribution is 2.24. The third kappa shape index (κ3) is 2.99. The van der Waals surface area contributed by atoms with E-state index in [0.717, 1.165) is 37.1 Å². The van der Waals surface area contributed by atoms with Crippen LogP contribution in [0.2, 0.25) is 0 Å². The summed E-state index contributed by atoms with van der Waals surface area (Å²) in [6, 6.07) is 7.78. The van der Waals surface area contributed by atoms with Crippen molar-refractivity contribution in [1.82, 2.24) is 4.90 Å². The zero-order chi connectivity index (χ0) is 12.3. The van der Waals surface area contributed by atoms with Crippen LogP contribution in [0.4, 0.5) is 5.69 Å². The normalized spacial score (nSPS) is 19.9. The smallest absolute Gasteiger partial charge is 0.223 e. The highest BCUT2D eigenvalue weighted by atomic mass is 16.2. The van der Waals surface area contributed by atoms with Gasteiger partial charge in [0.25, 0.3) is 0 Å². The summed E-state index contributed by atoms with van der Waals surface area (Å²) >= 11 is 0.